The number of hydrogen-bond donors (Lipinski definition) is 1. The van der Waals surface area contributed by atoms with Crippen molar-refractivity contribution in [1.82, 2.24) is 10.2 Å². The van der Waals surface area contributed by atoms with Gasteiger partial charge in [-0.2, -0.15) is 0 Å². The minimum absolute atomic E-state index is 0.0230. The molecule has 0 aliphatic heterocycles. The Bertz CT molecular complexity index is 1420. The number of unbranched alkanes of at least 4 members (excludes halogenated alkanes) is 1. The van der Waals surface area contributed by atoms with Gasteiger partial charge in [0.25, 0.3) is 10.0 Å². The molecule has 0 aromatic heterocycles. The summed E-state index contributed by atoms with van der Waals surface area (Å²) in [5.41, 5.74) is 0.774. The van der Waals surface area contributed by atoms with Crippen LogP contribution in [0, 0.1) is 5.82 Å². The third-order valence-corrected chi connectivity index (χ3v) is 8.53. The number of ether oxygens (including phenoxy) is 1. The summed E-state index contributed by atoms with van der Waals surface area (Å²) >= 11 is 6.20. The Morgan fingerprint density at radius 3 is 2.29 bits per heavy atom. The number of carbonyl (C=O) groups excluding carboxylic acids is 2. The second-order valence-electron chi connectivity index (χ2n) is 9.38. The van der Waals surface area contributed by atoms with Gasteiger partial charge in [-0.15, -0.1) is 0 Å². The second-order valence-corrected chi connectivity index (χ2v) is 11.7. The highest BCUT2D eigenvalue weighted by Gasteiger charge is 2.33. The molecule has 1 atom stereocenters. The van der Waals surface area contributed by atoms with Crippen LogP contribution in [0.15, 0.2) is 77.7 Å². The average molecular weight is 604 g/mol. The van der Waals surface area contributed by atoms with Crippen molar-refractivity contribution in [3.8, 4) is 5.75 Å². The van der Waals surface area contributed by atoms with Gasteiger partial charge in [-0.1, -0.05) is 50.1 Å². The van der Waals surface area contributed by atoms with E-state index in [4.69, 9.17) is 16.3 Å². The summed E-state index contributed by atoms with van der Waals surface area (Å²) < 4.78 is 47.5. The van der Waals surface area contributed by atoms with Crippen LogP contribution in [0.25, 0.3) is 0 Å². The maximum Gasteiger partial charge on any atom is 0.264 e. The van der Waals surface area contributed by atoms with Crippen LogP contribution in [-0.4, -0.2) is 51.4 Å². The number of anilines is 1. The predicted octanol–water partition coefficient (Wildman–Crippen LogP) is 5.41. The van der Waals surface area contributed by atoms with Crippen LogP contribution < -0.4 is 14.4 Å². The fraction of sp³-hybridized carbons (Fsp3) is 0.333. The Kier molecular flexibility index (Phi) is 11.5. The number of methoxy groups -OCH3 is 1. The fourth-order valence-corrected chi connectivity index (χ4v) is 5.84. The SMILES string of the molecule is CCCCNC(=O)C(CC)N(Cc1ccc(F)cc1)C(=O)CN(c1cccc(Cl)c1)S(=O)(=O)c1ccc(OC)cc1. The van der Waals surface area contributed by atoms with Gasteiger partial charge in [-0.05, 0) is 73.0 Å². The highest BCUT2D eigenvalue weighted by molar-refractivity contribution is 7.92. The molecular weight excluding hydrogens is 569 g/mol. The van der Waals surface area contributed by atoms with E-state index in [9.17, 15) is 22.4 Å². The van der Waals surface area contributed by atoms with Gasteiger partial charge in [0, 0.05) is 18.1 Å². The molecule has 3 rings (SSSR count). The van der Waals surface area contributed by atoms with Gasteiger partial charge < -0.3 is 15.0 Å². The van der Waals surface area contributed by atoms with Crippen molar-refractivity contribution in [1.29, 1.82) is 0 Å². The Hall–Kier alpha value is -3.63. The average Bonchev–Trinajstić information content (AvgIpc) is 2.96. The van der Waals surface area contributed by atoms with E-state index in [0.29, 0.717) is 17.9 Å². The molecule has 1 N–H and O–H groups in total. The predicted molar refractivity (Wildman–Crippen MR) is 158 cm³/mol. The van der Waals surface area contributed by atoms with Gasteiger partial charge in [0.05, 0.1) is 17.7 Å². The van der Waals surface area contributed by atoms with Crippen molar-refractivity contribution in [3.63, 3.8) is 0 Å². The Morgan fingerprint density at radius 2 is 1.71 bits per heavy atom. The largest absolute Gasteiger partial charge is 0.497 e. The van der Waals surface area contributed by atoms with E-state index in [1.807, 2.05) is 6.92 Å². The third kappa shape index (κ3) is 8.43. The van der Waals surface area contributed by atoms with Gasteiger partial charge in [0.15, 0.2) is 0 Å². The van der Waals surface area contributed by atoms with Crippen molar-refractivity contribution in [2.75, 3.05) is 24.5 Å². The smallest absolute Gasteiger partial charge is 0.264 e. The summed E-state index contributed by atoms with van der Waals surface area (Å²) in [7, 11) is -2.78. The number of rotatable bonds is 14. The number of nitrogens with zero attached hydrogens (tertiary/aromatic N) is 2. The number of hydrogen-bond acceptors (Lipinski definition) is 5. The molecule has 2 amide bonds. The summed E-state index contributed by atoms with van der Waals surface area (Å²) in [6, 6.07) is 16.7. The zero-order valence-electron chi connectivity index (χ0n) is 23.3. The van der Waals surface area contributed by atoms with Crippen LogP contribution in [0.2, 0.25) is 5.02 Å². The summed E-state index contributed by atoms with van der Waals surface area (Å²) in [5, 5.41) is 3.16. The molecule has 220 valence electrons. The van der Waals surface area contributed by atoms with Crippen molar-refractivity contribution < 1.29 is 27.1 Å². The number of carbonyl (C=O) groups is 2. The first-order valence-corrected chi connectivity index (χ1v) is 15.2. The topological polar surface area (TPSA) is 96.0 Å². The summed E-state index contributed by atoms with van der Waals surface area (Å²) in [4.78, 5) is 28.5. The Morgan fingerprint density at radius 1 is 1.02 bits per heavy atom. The molecule has 0 fully saturated rings. The van der Waals surface area contributed by atoms with Crippen LogP contribution in [0.4, 0.5) is 10.1 Å². The number of nitrogens with one attached hydrogen (secondary N) is 1. The van der Waals surface area contributed by atoms with Crippen LogP contribution in [0.1, 0.15) is 38.7 Å². The zero-order chi connectivity index (χ0) is 30.0. The molecule has 11 heteroatoms. The molecule has 0 saturated carbocycles. The molecule has 1 unspecified atom stereocenters. The second kappa shape index (κ2) is 14.8. The quantitative estimate of drug-likeness (QED) is 0.249. The first-order valence-electron chi connectivity index (χ1n) is 13.3. The molecule has 0 spiro atoms. The Labute approximate surface area is 246 Å². The summed E-state index contributed by atoms with van der Waals surface area (Å²) in [6.07, 6.45) is 1.94. The molecule has 0 radical (unpaired) electrons. The number of benzene rings is 3. The van der Waals surface area contributed by atoms with Crippen LogP contribution in [0.5, 0.6) is 5.75 Å². The van der Waals surface area contributed by atoms with E-state index >= 15 is 0 Å². The van der Waals surface area contributed by atoms with Gasteiger partial charge in [-0.3, -0.25) is 13.9 Å². The maximum absolute atomic E-state index is 14.0. The lowest BCUT2D eigenvalue weighted by Crippen LogP contribution is -2.52. The van der Waals surface area contributed by atoms with Gasteiger partial charge >= 0.3 is 0 Å². The first-order chi connectivity index (χ1) is 19.6. The number of halogens is 2. The molecule has 0 saturated heterocycles. The van der Waals surface area contributed by atoms with Gasteiger partial charge in [0.2, 0.25) is 11.8 Å². The molecule has 8 nitrogen and oxygen atoms in total. The molecule has 0 bridgehead atoms. The molecule has 0 aliphatic carbocycles. The summed E-state index contributed by atoms with van der Waals surface area (Å²) in [6.45, 7) is 3.60. The molecular formula is C30H35ClFN3O5S. The minimum atomic E-state index is -4.25. The van der Waals surface area contributed by atoms with E-state index < -0.39 is 34.3 Å². The summed E-state index contributed by atoms with van der Waals surface area (Å²) in [5.74, 6) is -0.916. The monoisotopic (exact) mass is 603 g/mol. The zero-order valence-corrected chi connectivity index (χ0v) is 24.9. The van der Waals surface area contributed by atoms with Crippen molar-refractivity contribution >= 4 is 39.1 Å². The lowest BCUT2D eigenvalue weighted by molar-refractivity contribution is -0.140. The molecule has 3 aromatic rings. The van der Waals surface area contributed by atoms with Crippen LogP contribution in [0.3, 0.4) is 0 Å². The molecule has 41 heavy (non-hydrogen) atoms. The van der Waals surface area contributed by atoms with Crippen LogP contribution >= 0.6 is 11.6 Å². The maximum atomic E-state index is 14.0. The van der Waals surface area contributed by atoms with Gasteiger partial charge in [-0.25, -0.2) is 12.8 Å². The normalized spacial score (nSPS) is 11.9. The fourth-order valence-electron chi connectivity index (χ4n) is 4.25. The number of sulfonamides is 1. The van der Waals surface area contributed by atoms with E-state index in [0.717, 1.165) is 17.1 Å². The lowest BCUT2D eigenvalue weighted by Gasteiger charge is -2.33. The van der Waals surface area contributed by atoms with Crippen molar-refractivity contribution in [3.05, 3.63) is 89.2 Å². The Balaban J connectivity index is 2.03. The standard InChI is InChI=1S/C30H35ClFN3O5S/c1-4-6-18-33-30(37)28(5-2)34(20-22-10-12-24(32)13-11-22)29(36)21-35(25-9-7-8-23(31)19-25)41(38,39)27-16-14-26(40-3)15-17-27/h7-17,19,28H,4-6,18,20-21H2,1-3H3,(H,33,37). The third-order valence-electron chi connectivity index (χ3n) is 6.50. The first kappa shape index (κ1) is 31.9. The van der Waals surface area contributed by atoms with E-state index in [2.05, 4.69) is 5.32 Å². The number of amides is 2. The minimum Gasteiger partial charge on any atom is -0.497 e. The molecule has 3 aromatic carbocycles. The van der Waals surface area contributed by atoms with Crippen LogP contribution in [-0.2, 0) is 26.2 Å². The molecule has 0 heterocycles. The molecule has 0 aliphatic rings. The van der Waals surface area contributed by atoms with E-state index in [1.54, 1.807) is 25.1 Å². The highest BCUT2D eigenvalue weighted by Crippen LogP contribution is 2.28. The highest BCUT2D eigenvalue weighted by atomic mass is 35.5. The van der Waals surface area contributed by atoms with Crippen molar-refractivity contribution in [2.24, 2.45) is 0 Å². The van der Waals surface area contributed by atoms with Crippen molar-refractivity contribution in [2.45, 2.75) is 50.6 Å². The van der Waals surface area contributed by atoms with E-state index in [-0.39, 0.29) is 34.5 Å². The van der Waals surface area contributed by atoms with Gasteiger partial charge in [0.1, 0.15) is 24.2 Å². The van der Waals surface area contributed by atoms with E-state index in [1.165, 1.54) is 66.6 Å². The lowest BCUT2D eigenvalue weighted by atomic mass is 10.1.